The number of carbonyl (C=O) groups is 4. The highest BCUT2D eigenvalue weighted by Gasteiger charge is 2.44. The van der Waals surface area contributed by atoms with Crippen molar-refractivity contribution in [1.82, 2.24) is 10.6 Å². The molecule has 14 nitrogen and oxygen atoms in total. The molecule has 15 heteroatoms. The lowest BCUT2D eigenvalue weighted by molar-refractivity contribution is -0.244. The topological polar surface area (TPSA) is 188 Å². The van der Waals surface area contributed by atoms with E-state index < -0.39 is 18.7 Å². The number of carbonyl (C=O) groups excluding carboxylic acids is 4. The van der Waals surface area contributed by atoms with E-state index in [4.69, 9.17) is 33.5 Å². The molecule has 0 radical (unpaired) electrons. The fourth-order valence-electron chi connectivity index (χ4n) is 8.72. The van der Waals surface area contributed by atoms with E-state index in [9.17, 15) is 24.3 Å². The van der Waals surface area contributed by atoms with Crippen LogP contribution in [0, 0.1) is 23.7 Å². The van der Waals surface area contributed by atoms with Crippen LogP contribution in [0.15, 0.2) is 12.7 Å². The van der Waals surface area contributed by atoms with Gasteiger partial charge in [0.25, 0.3) is 0 Å². The Labute approximate surface area is 412 Å². The highest BCUT2D eigenvalue weighted by atomic mass is 19.0. The van der Waals surface area contributed by atoms with Crippen LogP contribution in [0.3, 0.4) is 0 Å². The van der Waals surface area contributed by atoms with Gasteiger partial charge < -0.3 is 49.3 Å². The Kier molecular flexibility index (Phi) is 41.7. The SMILES string of the molecule is C.C=CCCCCCCCCCCCCOC1OC(COC(C)=O)C(C)C(C)C1NC(C)=O.CC(=O)NC1C(OCCCCCCCCCCCCC(O)CO)OC(COC(C)=O)C(C)C1C.F. The first kappa shape index (κ1) is 67.4. The molecule has 2 heterocycles. The van der Waals surface area contributed by atoms with Crippen LogP contribution in [0.1, 0.15) is 204 Å². The first-order valence-electron chi connectivity index (χ1n) is 25.9. The first-order valence-corrected chi connectivity index (χ1v) is 25.9. The predicted molar refractivity (Wildman–Crippen MR) is 268 cm³/mol. The maximum atomic E-state index is 11.7. The fraction of sp³-hybridized carbons (Fsp3) is 0.887. The summed E-state index contributed by atoms with van der Waals surface area (Å²) in [5.74, 6) is -0.327. The number of unbranched alkanes of at least 4 members (excludes halogenated alkanes) is 19. The van der Waals surface area contributed by atoms with E-state index in [1.807, 2.05) is 13.0 Å². The molecule has 0 bridgehead atoms. The van der Waals surface area contributed by atoms with Gasteiger partial charge in [-0.1, -0.05) is 150 Å². The molecule has 4 N–H and O–H groups in total. The first-order chi connectivity index (χ1) is 31.6. The molecule has 0 saturated carbocycles. The van der Waals surface area contributed by atoms with E-state index in [0.29, 0.717) is 19.6 Å². The van der Waals surface area contributed by atoms with Crippen molar-refractivity contribution < 1.29 is 62.5 Å². The van der Waals surface area contributed by atoms with Crippen LogP contribution < -0.4 is 10.6 Å². The number of halogens is 1. The number of esters is 2. The normalized spacial score (nSPS) is 24.7. The Morgan fingerprint density at radius 3 is 1.19 bits per heavy atom. The molecule has 2 aliphatic rings. The van der Waals surface area contributed by atoms with Crippen molar-refractivity contribution in [3.8, 4) is 0 Å². The Bertz CT molecular complexity index is 1290. The highest BCUT2D eigenvalue weighted by molar-refractivity contribution is 5.73. The second-order valence-electron chi connectivity index (χ2n) is 19.1. The van der Waals surface area contributed by atoms with Gasteiger partial charge in [0.1, 0.15) is 13.2 Å². The zero-order valence-electron chi connectivity index (χ0n) is 43.1. The lowest BCUT2D eigenvalue weighted by atomic mass is 9.82. The molecular weight excluding hydrogens is 876 g/mol. The van der Waals surface area contributed by atoms with E-state index in [1.54, 1.807) is 0 Å². The standard InChI is InChI=1S/C26H49NO7.C26H47NO5.CH4.FH/c1-19-20(2)25(27-21(3)29)26(34-24(19)18-33-22(4)30)32-16-14-12-10-8-6-5-7-9-11-13-15-23(31)17-28;1-6-7-8-9-10-11-12-13-14-15-16-17-18-30-26-25(27-22(4)28)21(3)20(2)24(32-26)19-31-23(5)29;;/h19-20,23-26,28,31H,5-18H2,1-4H3,(H,27,29);6,20-21,24-26H,1,7-19H2,2-5H3,(H,27,28);1H4;1H. The summed E-state index contributed by atoms with van der Waals surface area (Å²) in [5.41, 5.74) is 0. The van der Waals surface area contributed by atoms with Crippen molar-refractivity contribution in [1.29, 1.82) is 0 Å². The molecule has 2 fully saturated rings. The zero-order valence-corrected chi connectivity index (χ0v) is 43.1. The molecule has 68 heavy (non-hydrogen) atoms. The molecule has 0 aromatic carbocycles. The second kappa shape index (κ2) is 42.0. The Balaban J connectivity index is 0. The Morgan fingerprint density at radius 2 is 0.882 bits per heavy atom. The van der Waals surface area contributed by atoms with Crippen LogP contribution in [-0.2, 0) is 47.6 Å². The van der Waals surface area contributed by atoms with E-state index in [0.717, 1.165) is 44.9 Å². The van der Waals surface area contributed by atoms with Crippen molar-refractivity contribution in [2.24, 2.45) is 23.7 Å². The minimum atomic E-state index is -0.556. The maximum absolute atomic E-state index is 11.7. The van der Waals surface area contributed by atoms with Crippen LogP contribution >= 0.6 is 0 Å². The third-order valence-electron chi connectivity index (χ3n) is 13.3. The number of nitrogens with one attached hydrogen (secondary N) is 2. The van der Waals surface area contributed by atoms with Crippen molar-refractivity contribution in [3.05, 3.63) is 12.7 Å². The molecule has 402 valence electrons. The molecule has 2 aliphatic heterocycles. The van der Waals surface area contributed by atoms with Crippen molar-refractivity contribution in [2.45, 2.75) is 247 Å². The summed E-state index contributed by atoms with van der Waals surface area (Å²) in [6, 6.07) is -0.435. The summed E-state index contributed by atoms with van der Waals surface area (Å²) in [6.07, 6.45) is 25.7. The van der Waals surface area contributed by atoms with Crippen LogP contribution in [-0.4, -0.2) is 110 Å². The number of allylic oxidation sites excluding steroid dienone is 1. The molecule has 2 rings (SSSR count). The molecule has 2 amide bonds. The fourth-order valence-corrected chi connectivity index (χ4v) is 8.72. The average Bonchev–Trinajstić information content (AvgIpc) is 3.27. The van der Waals surface area contributed by atoms with Gasteiger partial charge in [-0.2, -0.15) is 0 Å². The van der Waals surface area contributed by atoms with Gasteiger partial charge in [0.05, 0.1) is 37.0 Å². The number of rotatable bonds is 35. The third-order valence-corrected chi connectivity index (χ3v) is 13.3. The molecule has 0 aromatic rings. The molecule has 0 spiro atoms. The van der Waals surface area contributed by atoms with Crippen molar-refractivity contribution in [3.63, 3.8) is 0 Å². The lowest BCUT2D eigenvalue weighted by Gasteiger charge is -2.44. The summed E-state index contributed by atoms with van der Waals surface area (Å²) in [4.78, 5) is 45.8. The Hall–Kier alpha value is -2.69. The number of aliphatic hydroxyl groups is 2. The smallest absolute Gasteiger partial charge is 0.302 e. The summed E-state index contributed by atoms with van der Waals surface area (Å²) in [6.45, 7) is 19.3. The van der Waals surface area contributed by atoms with E-state index in [-0.39, 0.29) is 104 Å². The van der Waals surface area contributed by atoms with Crippen LogP contribution in [0.2, 0.25) is 0 Å². The van der Waals surface area contributed by atoms with Crippen molar-refractivity contribution >= 4 is 23.8 Å². The lowest BCUT2D eigenvalue weighted by Crippen LogP contribution is -2.58. The summed E-state index contributed by atoms with van der Waals surface area (Å²) < 4.78 is 34.7. The molecule has 0 aromatic heterocycles. The van der Waals surface area contributed by atoms with E-state index in [1.165, 1.54) is 118 Å². The third kappa shape index (κ3) is 31.5. The highest BCUT2D eigenvalue weighted by Crippen LogP contribution is 2.33. The van der Waals surface area contributed by atoms with E-state index in [2.05, 4.69) is 38.0 Å². The van der Waals surface area contributed by atoms with Crippen molar-refractivity contribution in [2.75, 3.05) is 33.0 Å². The average molecular weight is 977 g/mol. The summed E-state index contributed by atoms with van der Waals surface area (Å²) in [5, 5.41) is 24.1. The number of ether oxygens (including phenoxy) is 6. The Morgan fingerprint density at radius 1 is 0.559 bits per heavy atom. The monoisotopic (exact) mass is 977 g/mol. The van der Waals surface area contributed by atoms with E-state index >= 15 is 0 Å². The van der Waals surface area contributed by atoms with Gasteiger partial charge in [-0.05, 0) is 55.8 Å². The quantitative estimate of drug-likeness (QED) is 0.0268. The summed E-state index contributed by atoms with van der Waals surface area (Å²) >= 11 is 0. The molecular formula is C53H101FN2O12. The van der Waals surface area contributed by atoms with Crippen LogP contribution in [0.4, 0.5) is 4.70 Å². The number of aliphatic hydroxyl groups excluding tert-OH is 2. The predicted octanol–water partition coefficient (Wildman–Crippen LogP) is 10.0. The number of amides is 2. The minimum Gasteiger partial charge on any atom is -0.463 e. The largest absolute Gasteiger partial charge is 0.463 e. The minimum absolute atomic E-state index is 0. The number of hydrogen-bond acceptors (Lipinski definition) is 12. The molecule has 2 saturated heterocycles. The number of hydrogen-bond donors (Lipinski definition) is 4. The zero-order chi connectivity index (χ0) is 49.1. The van der Waals surface area contributed by atoms with Gasteiger partial charge in [-0.15, -0.1) is 6.58 Å². The van der Waals surface area contributed by atoms with Gasteiger partial charge in [-0.25, -0.2) is 0 Å². The van der Waals surface area contributed by atoms with Gasteiger partial charge >= 0.3 is 11.9 Å². The molecule has 11 atom stereocenters. The van der Waals surface area contributed by atoms with Crippen LogP contribution in [0.5, 0.6) is 0 Å². The van der Waals surface area contributed by atoms with Gasteiger partial charge in [0.15, 0.2) is 12.6 Å². The second-order valence-corrected chi connectivity index (χ2v) is 19.1. The molecule has 0 aliphatic carbocycles. The molecule has 11 unspecified atom stereocenters. The van der Waals surface area contributed by atoms with Gasteiger partial charge in [0.2, 0.25) is 11.8 Å². The maximum Gasteiger partial charge on any atom is 0.302 e. The van der Waals surface area contributed by atoms with Crippen LogP contribution in [0.25, 0.3) is 0 Å². The summed E-state index contributed by atoms with van der Waals surface area (Å²) in [7, 11) is 0. The van der Waals surface area contributed by atoms with Gasteiger partial charge in [-0.3, -0.25) is 23.9 Å². The van der Waals surface area contributed by atoms with Gasteiger partial charge in [0, 0.05) is 40.9 Å².